The number of fused-ring (bicyclic) bond motifs is 1. The van der Waals surface area contributed by atoms with Gasteiger partial charge >= 0.3 is 0 Å². The summed E-state index contributed by atoms with van der Waals surface area (Å²) >= 11 is 0. The number of carbonyl (C=O) groups excluding carboxylic acids is 1. The van der Waals surface area contributed by atoms with Crippen molar-refractivity contribution in [3.8, 4) is 0 Å². The molecule has 2 heterocycles. The van der Waals surface area contributed by atoms with Crippen molar-refractivity contribution in [3.05, 3.63) is 11.6 Å². The van der Waals surface area contributed by atoms with Gasteiger partial charge in [0.2, 0.25) is 5.91 Å². The van der Waals surface area contributed by atoms with Crippen LogP contribution in [0.3, 0.4) is 0 Å². The van der Waals surface area contributed by atoms with E-state index in [-0.39, 0.29) is 11.9 Å². The highest BCUT2D eigenvalue weighted by Gasteiger charge is 2.20. The summed E-state index contributed by atoms with van der Waals surface area (Å²) in [5.41, 5.74) is 0. The lowest BCUT2D eigenvalue weighted by Gasteiger charge is -2.16. The summed E-state index contributed by atoms with van der Waals surface area (Å²) in [6.45, 7) is 7.31. The summed E-state index contributed by atoms with van der Waals surface area (Å²) in [5.74, 6) is 1.93. The fourth-order valence-corrected chi connectivity index (χ4v) is 2.48. The smallest absolute Gasteiger partial charge is 0.234 e. The van der Waals surface area contributed by atoms with Crippen LogP contribution >= 0.6 is 0 Å². The van der Waals surface area contributed by atoms with Crippen LogP contribution < -0.4 is 10.6 Å². The average molecular weight is 279 g/mol. The van der Waals surface area contributed by atoms with E-state index >= 15 is 0 Å². The lowest BCUT2D eigenvalue weighted by molar-refractivity contribution is -0.121. The normalized spacial score (nSPS) is 16.6. The molecule has 1 unspecified atom stereocenters. The standard InChI is InChI=1S/C14H25N5O/c1-10(2)15-9-13(20)16-11(3)14-18-17-12-7-5-4-6-8-19(12)14/h10-11,15H,4-9H2,1-3H3,(H,16,20). The Balaban J connectivity index is 1.97. The molecule has 0 spiro atoms. The Bertz CT molecular complexity index is 454. The second kappa shape index (κ2) is 6.83. The highest BCUT2D eigenvalue weighted by atomic mass is 16.2. The molecule has 2 N–H and O–H groups in total. The summed E-state index contributed by atoms with van der Waals surface area (Å²) in [5, 5.41) is 14.6. The molecule has 0 bridgehead atoms. The molecule has 6 heteroatoms. The molecular formula is C14H25N5O. The molecule has 0 saturated carbocycles. The van der Waals surface area contributed by atoms with E-state index in [0.29, 0.717) is 12.6 Å². The van der Waals surface area contributed by atoms with Crippen molar-refractivity contribution in [2.24, 2.45) is 0 Å². The first-order valence-corrected chi connectivity index (χ1v) is 7.52. The maximum atomic E-state index is 11.9. The van der Waals surface area contributed by atoms with Gasteiger partial charge in [-0.2, -0.15) is 0 Å². The largest absolute Gasteiger partial charge is 0.345 e. The second-order valence-corrected chi connectivity index (χ2v) is 5.76. The topological polar surface area (TPSA) is 71.8 Å². The first-order chi connectivity index (χ1) is 9.58. The Hall–Kier alpha value is -1.43. The van der Waals surface area contributed by atoms with Gasteiger partial charge in [-0.1, -0.05) is 20.3 Å². The van der Waals surface area contributed by atoms with Gasteiger partial charge in [0.1, 0.15) is 5.82 Å². The highest BCUT2D eigenvalue weighted by molar-refractivity contribution is 5.78. The van der Waals surface area contributed by atoms with Gasteiger partial charge in [0.25, 0.3) is 0 Å². The number of nitrogens with zero attached hydrogens (tertiary/aromatic N) is 3. The quantitative estimate of drug-likeness (QED) is 0.849. The van der Waals surface area contributed by atoms with Gasteiger partial charge < -0.3 is 15.2 Å². The van der Waals surface area contributed by atoms with Crippen LogP contribution in [0.4, 0.5) is 0 Å². The lowest BCUT2D eigenvalue weighted by atomic mass is 10.2. The maximum Gasteiger partial charge on any atom is 0.234 e. The minimum Gasteiger partial charge on any atom is -0.345 e. The van der Waals surface area contributed by atoms with Crippen molar-refractivity contribution in [3.63, 3.8) is 0 Å². The summed E-state index contributed by atoms with van der Waals surface area (Å²) in [6.07, 6.45) is 4.56. The lowest BCUT2D eigenvalue weighted by Crippen LogP contribution is -2.38. The molecule has 1 aromatic rings. The van der Waals surface area contributed by atoms with Gasteiger partial charge in [-0.25, -0.2) is 0 Å². The van der Waals surface area contributed by atoms with Crippen molar-refractivity contribution in [1.82, 2.24) is 25.4 Å². The Labute approximate surface area is 120 Å². The number of aromatic nitrogens is 3. The Morgan fingerprint density at radius 2 is 2.05 bits per heavy atom. The Morgan fingerprint density at radius 3 is 2.80 bits per heavy atom. The molecule has 1 atom stereocenters. The molecule has 0 aliphatic carbocycles. The summed E-state index contributed by atoms with van der Waals surface area (Å²) in [7, 11) is 0. The first-order valence-electron chi connectivity index (χ1n) is 7.52. The van der Waals surface area contributed by atoms with Gasteiger partial charge in [-0.15, -0.1) is 10.2 Å². The van der Waals surface area contributed by atoms with Crippen molar-refractivity contribution in [2.45, 2.75) is 65.1 Å². The molecule has 112 valence electrons. The fraction of sp³-hybridized carbons (Fsp3) is 0.786. The Morgan fingerprint density at radius 1 is 1.25 bits per heavy atom. The average Bonchev–Trinajstić information content (AvgIpc) is 2.66. The number of hydrogen-bond acceptors (Lipinski definition) is 4. The van der Waals surface area contributed by atoms with Crippen molar-refractivity contribution in [2.75, 3.05) is 6.54 Å². The minimum atomic E-state index is -0.101. The van der Waals surface area contributed by atoms with Gasteiger partial charge in [-0.3, -0.25) is 4.79 Å². The number of nitrogens with one attached hydrogen (secondary N) is 2. The molecule has 20 heavy (non-hydrogen) atoms. The zero-order valence-corrected chi connectivity index (χ0v) is 12.6. The van der Waals surface area contributed by atoms with Gasteiger partial charge in [-0.05, 0) is 19.8 Å². The summed E-state index contributed by atoms with van der Waals surface area (Å²) in [6, 6.07) is 0.205. The third kappa shape index (κ3) is 3.79. The molecule has 1 aromatic heterocycles. The molecule has 0 fully saturated rings. The zero-order valence-electron chi connectivity index (χ0n) is 12.6. The van der Waals surface area contributed by atoms with Gasteiger partial charge in [0, 0.05) is 19.0 Å². The van der Waals surface area contributed by atoms with Crippen molar-refractivity contribution in [1.29, 1.82) is 0 Å². The predicted molar refractivity (Wildman–Crippen MR) is 77.3 cm³/mol. The maximum absolute atomic E-state index is 11.9. The first kappa shape index (κ1) is 15.0. The zero-order chi connectivity index (χ0) is 14.5. The number of carbonyl (C=O) groups is 1. The number of hydrogen-bond donors (Lipinski definition) is 2. The summed E-state index contributed by atoms with van der Waals surface area (Å²) in [4.78, 5) is 11.9. The molecule has 0 aromatic carbocycles. The molecule has 1 aliphatic heterocycles. The molecule has 0 radical (unpaired) electrons. The van der Waals surface area contributed by atoms with Crippen LogP contribution in [0.15, 0.2) is 0 Å². The van der Waals surface area contributed by atoms with E-state index < -0.39 is 0 Å². The number of aryl methyl sites for hydroxylation is 1. The van der Waals surface area contributed by atoms with Crippen LogP contribution in [0, 0.1) is 0 Å². The van der Waals surface area contributed by atoms with Crippen LogP contribution in [-0.4, -0.2) is 33.3 Å². The van der Waals surface area contributed by atoms with E-state index in [4.69, 9.17) is 0 Å². The van der Waals surface area contributed by atoms with E-state index in [1.807, 2.05) is 20.8 Å². The van der Waals surface area contributed by atoms with E-state index in [1.165, 1.54) is 12.8 Å². The van der Waals surface area contributed by atoms with E-state index in [1.54, 1.807) is 0 Å². The van der Waals surface area contributed by atoms with Crippen molar-refractivity contribution >= 4 is 5.91 Å². The van der Waals surface area contributed by atoms with Crippen LogP contribution in [0.1, 0.15) is 57.7 Å². The molecular weight excluding hydrogens is 254 g/mol. The number of amides is 1. The van der Waals surface area contributed by atoms with Crippen LogP contribution in [0.2, 0.25) is 0 Å². The SMILES string of the molecule is CC(C)NCC(=O)NC(C)c1nnc2n1CCCCC2. The van der Waals surface area contributed by atoms with Crippen LogP contribution in [-0.2, 0) is 17.8 Å². The number of rotatable bonds is 5. The van der Waals surface area contributed by atoms with Crippen LogP contribution in [0.5, 0.6) is 0 Å². The molecule has 0 saturated heterocycles. The third-order valence-electron chi connectivity index (χ3n) is 3.57. The highest BCUT2D eigenvalue weighted by Crippen LogP contribution is 2.18. The second-order valence-electron chi connectivity index (χ2n) is 5.76. The molecule has 6 nitrogen and oxygen atoms in total. The fourth-order valence-electron chi connectivity index (χ4n) is 2.48. The van der Waals surface area contributed by atoms with E-state index in [0.717, 1.165) is 31.0 Å². The monoisotopic (exact) mass is 279 g/mol. The molecule has 1 aliphatic rings. The molecule has 2 rings (SSSR count). The van der Waals surface area contributed by atoms with Crippen LogP contribution in [0.25, 0.3) is 0 Å². The third-order valence-corrected chi connectivity index (χ3v) is 3.57. The Kier molecular flexibility index (Phi) is 5.11. The van der Waals surface area contributed by atoms with Gasteiger partial charge in [0.15, 0.2) is 5.82 Å². The summed E-state index contributed by atoms with van der Waals surface area (Å²) < 4.78 is 2.17. The minimum absolute atomic E-state index is 0.00262. The molecule has 1 amide bonds. The van der Waals surface area contributed by atoms with E-state index in [2.05, 4.69) is 25.4 Å². The van der Waals surface area contributed by atoms with Gasteiger partial charge in [0.05, 0.1) is 12.6 Å². The predicted octanol–water partition coefficient (Wildman–Crippen LogP) is 1.18. The van der Waals surface area contributed by atoms with E-state index in [9.17, 15) is 4.79 Å². The van der Waals surface area contributed by atoms with Crippen molar-refractivity contribution < 1.29 is 4.79 Å².